The number of methoxy groups -OCH3 is 1. The van der Waals surface area contributed by atoms with Crippen LogP contribution in [0.15, 0.2) is 24.3 Å². The monoisotopic (exact) mass is 404 g/mol. The van der Waals surface area contributed by atoms with Crippen LogP contribution in [0, 0.1) is 4.77 Å². The van der Waals surface area contributed by atoms with E-state index in [0.29, 0.717) is 24.7 Å². The van der Waals surface area contributed by atoms with E-state index >= 15 is 0 Å². The van der Waals surface area contributed by atoms with Gasteiger partial charge in [-0.3, -0.25) is 4.79 Å². The average Bonchev–Trinajstić information content (AvgIpc) is 2.85. The zero-order valence-electron chi connectivity index (χ0n) is 16.7. The summed E-state index contributed by atoms with van der Waals surface area (Å²) in [4.78, 5) is 13.8. The molecule has 1 unspecified atom stereocenters. The van der Waals surface area contributed by atoms with Crippen molar-refractivity contribution in [3.8, 4) is 5.75 Å². The second-order valence-electron chi connectivity index (χ2n) is 7.24. The molecule has 2 heterocycles. The van der Waals surface area contributed by atoms with Crippen molar-refractivity contribution in [2.75, 3.05) is 25.5 Å². The molecule has 1 amide bonds. The number of rotatable bonds is 8. The molecule has 2 N–H and O–H groups in total. The average molecular weight is 405 g/mol. The van der Waals surface area contributed by atoms with Gasteiger partial charge in [0.15, 0.2) is 13.2 Å². The molecule has 0 fully saturated rings. The molecule has 1 aromatic carbocycles. The highest BCUT2D eigenvalue weighted by molar-refractivity contribution is 7.71. The van der Waals surface area contributed by atoms with Gasteiger partial charge < -0.3 is 19.5 Å². The van der Waals surface area contributed by atoms with E-state index in [1.54, 1.807) is 7.11 Å². The van der Waals surface area contributed by atoms with Crippen LogP contribution in [0.5, 0.6) is 5.75 Å². The van der Waals surface area contributed by atoms with Crippen molar-refractivity contribution in [2.24, 2.45) is 0 Å². The van der Waals surface area contributed by atoms with Gasteiger partial charge in [0.1, 0.15) is 11.6 Å². The van der Waals surface area contributed by atoms with E-state index in [-0.39, 0.29) is 5.91 Å². The van der Waals surface area contributed by atoms with Crippen molar-refractivity contribution < 1.29 is 14.4 Å². The SMILES string of the molecule is CCC[NH+](CC(=O)Nc1ccccc1OC)Cn1nc2n(c1=S)CCCCC2. The molecule has 0 bridgehead atoms. The van der Waals surface area contributed by atoms with Gasteiger partial charge in [-0.15, -0.1) is 0 Å². The normalized spacial score (nSPS) is 14.8. The number of benzene rings is 1. The largest absolute Gasteiger partial charge is 0.495 e. The van der Waals surface area contributed by atoms with Crippen LogP contribution in [-0.4, -0.2) is 40.5 Å². The molecule has 2 aromatic rings. The highest BCUT2D eigenvalue weighted by atomic mass is 32.1. The summed E-state index contributed by atoms with van der Waals surface area (Å²) in [6.45, 7) is 4.91. The lowest BCUT2D eigenvalue weighted by Gasteiger charge is -2.18. The molecular weight excluding hydrogens is 374 g/mol. The first-order chi connectivity index (χ1) is 13.6. The highest BCUT2D eigenvalue weighted by Crippen LogP contribution is 2.22. The molecular formula is C20H30N5O2S+. The summed E-state index contributed by atoms with van der Waals surface area (Å²) in [5.41, 5.74) is 0.691. The Morgan fingerprint density at radius 3 is 2.93 bits per heavy atom. The fourth-order valence-corrected chi connectivity index (χ4v) is 3.99. The maximum absolute atomic E-state index is 12.6. The number of ether oxygens (including phenoxy) is 1. The Morgan fingerprint density at radius 1 is 1.32 bits per heavy atom. The first kappa shape index (κ1) is 20.5. The van der Waals surface area contributed by atoms with Gasteiger partial charge in [0.25, 0.3) is 5.91 Å². The van der Waals surface area contributed by atoms with E-state index in [1.807, 2.05) is 28.9 Å². The van der Waals surface area contributed by atoms with Crippen molar-refractivity contribution >= 4 is 23.8 Å². The quantitative estimate of drug-likeness (QED) is 0.661. The minimum absolute atomic E-state index is 0.0414. The van der Waals surface area contributed by atoms with E-state index in [0.717, 1.165) is 47.8 Å². The third-order valence-corrected chi connectivity index (χ3v) is 5.48. The second kappa shape index (κ2) is 9.84. The Balaban J connectivity index is 1.68. The summed E-state index contributed by atoms with van der Waals surface area (Å²) < 4.78 is 10.2. The Kier molecular flexibility index (Phi) is 7.22. The van der Waals surface area contributed by atoms with E-state index in [9.17, 15) is 4.79 Å². The summed E-state index contributed by atoms with van der Waals surface area (Å²) in [7, 11) is 1.60. The number of hydrogen-bond acceptors (Lipinski definition) is 4. The molecule has 0 aliphatic carbocycles. The number of quaternary nitrogens is 1. The number of fused-ring (bicyclic) bond motifs is 1. The Hall–Kier alpha value is -2.19. The fourth-order valence-electron chi connectivity index (χ4n) is 3.69. The third kappa shape index (κ3) is 4.99. The summed E-state index contributed by atoms with van der Waals surface area (Å²) >= 11 is 5.66. The summed E-state index contributed by atoms with van der Waals surface area (Å²) in [5, 5.41) is 7.72. The number of nitrogens with zero attached hydrogens (tertiary/aromatic N) is 3. The first-order valence-electron chi connectivity index (χ1n) is 10.0. The van der Waals surface area contributed by atoms with Gasteiger partial charge in [-0.1, -0.05) is 25.5 Å². The van der Waals surface area contributed by atoms with Crippen molar-refractivity contribution in [3.05, 3.63) is 34.9 Å². The van der Waals surface area contributed by atoms with E-state index in [1.165, 1.54) is 12.8 Å². The van der Waals surface area contributed by atoms with Gasteiger partial charge in [-0.2, -0.15) is 9.78 Å². The lowest BCUT2D eigenvalue weighted by Crippen LogP contribution is -3.12. The molecule has 1 atom stereocenters. The van der Waals surface area contributed by atoms with Crippen LogP contribution in [0.3, 0.4) is 0 Å². The number of aryl methyl sites for hydroxylation is 1. The van der Waals surface area contributed by atoms with E-state index in [4.69, 9.17) is 22.1 Å². The third-order valence-electron chi connectivity index (χ3n) is 5.05. The number of carbonyl (C=O) groups is 1. The maximum Gasteiger partial charge on any atom is 0.279 e. The molecule has 0 saturated heterocycles. The van der Waals surface area contributed by atoms with Gasteiger partial charge in [-0.05, 0) is 43.6 Å². The summed E-state index contributed by atoms with van der Waals surface area (Å²) in [6.07, 6.45) is 5.51. The van der Waals surface area contributed by atoms with Crippen LogP contribution in [0.25, 0.3) is 0 Å². The lowest BCUT2D eigenvalue weighted by molar-refractivity contribution is -0.915. The number of para-hydroxylation sites is 2. The molecule has 28 heavy (non-hydrogen) atoms. The number of aromatic nitrogens is 3. The number of nitrogens with one attached hydrogen (secondary N) is 2. The molecule has 0 saturated carbocycles. The first-order valence-corrected chi connectivity index (χ1v) is 10.5. The molecule has 3 rings (SSSR count). The van der Waals surface area contributed by atoms with Gasteiger partial charge in [0.2, 0.25) is 4.77 Å². The Bertz CT molecular complexity index is 861. The van der Waals surface area contributed by atoms with Crippen molar-refractivity contribution in [1.29, 1.82) is 0 Å². The number of carbonyl (C=O) groups excluding carboxylic acids is 1. The highest BCUT2D eigenvalue weighted by Gasteiger charge is 2.19. The molecule has 0 spiro atoms. The van der Waals surface area contributed by atoms with Crippen LogP contribution in [0.1, 0.15) is 38.4 Å². The van der Waals surface area contributed by atoms with Crippen LogP contribution in [-0.2, 0) is 24.4 Å². The number of amides is 1. The smallest absolute Gasteiger partial charge is 0.279 e. The molecule has 8 heteroatoms. The Morgan fingerprint density at radius 2 is 2.14 bits per heavy atom. The topological polar surface area (TPSA) is 65.5 Å². The molecule has 1 aliphatic heterocycles. The predicted octanol–water partition coefficient (Wildman–Crippen LogP) is 2.04. The maximum atomic E-state index is 12.6. The molecule has 152 valence electrons. The van der Waals surface area contributed by atoms with Crippen LogP contribution in [0.2, 0.25) is 0 Å². The molecule has 7 nitrogen and oxygen atoms in total. The lowest BCUT2D eigenvalue weighted by atomic mass is 10.2. The predicted molar refractivity (Wildman–Crippen MR) is 111 cm³/mol. The van der Waals surface area contributed by atoms with E-state index < -0.39 is 0 Å². The van der Waals surface area contributed by atoms with Crippen molar-refractivity contribution in [1.82, 2.24) is 14.3 Å². The summed E-state index contributed by atoms with van der Waals surface area (Å²) in [6, 6.07) is 7.45. The van der Waals surface area contributed by atoms with Crippen molar-refractivity contribution in [2.45, 2.75) is 52.2 Å². The van der Waals surface area contributed by atoms with Crippen LogP contribution < -0.4 is 15.0 Å². The van der Waals surface area contributed by atoms with Crippen molar-refractivity contribution in [3.63, 3.8) is 0 Å². The van der Waals surface area contributed by atoms with Crippen LogP contribution >= 0.6 is 12.2 Å². The minimum Gasteiger partial charge on any atom is -0.495 e. The van der Waals surface area contributed by atoms with Gasteiger partial charge >= 0.3 is 0 Å². The standard InChI is InChI=1S/C20H29N5O2S/c1-3-12-23(14-19(26)21-16-9-6-7-10-17(16)27-2)15-25-20(28)24-13-8-4-5-11-18(24)22-25/h6-7,9-10H,3-5,8,11-15H2,1-2H3,(H,21,26)/p+1. The number of anilines is 1. The zero-order valence-corrected chi connectivity index (χ0v) is 17.6. The van der Waals surface area contributed by atoms with Gasteiger partial charge in [0.05, 0.1) is 19.3 Å². The fraction of sp³-hybridized carbons (Fsp3) is 0.550. The zero-order chi connectivity index (χ0) is 19.9. The van der Waals surface area contributed by atoms with Crippen LogP contribution in [0.4, 0.5) is 5.69 Å². The second-order valence-corrected chi connectivity index (χ2v) is 7.61. The summed E-state index contributed by atoms with van der Waals surface area (Å²) in [5.74, 6) is 1.70. The molecule has 1 aromatic heterocycles. The molecule has 0 radical (unpaired) electrons. The number of hydrogen-bond donors (Lipinski definition) is 2. The molecule has 1 aliphatic rings. The Labute approximate surface area is 171 Å². The van der Waals surface area contributed by atoms with Gasteiger partial charge in [0, 0.05) is 13.0 Å². The minimum atomic E-state index is -0.0414. The van der Waals surface area contributed by atoms with Gasteiger partial charge in [-0.25, -0.2) is 0 Å². The van der Waals surface area contributed by atoms with E-state index in [2.05, 4.69) is 16.8 Å².